The average molecular weight is 431 g/mol. The van der Waals surface area contributed by atoms with Crippen molar-refractivity contribution in [1.29, 1.82) is 0 Å². The van der Waals surface area contributed by atoms with Gasteiger partial charge in [0.25, 0.3) is 11.8 Å². The third-order valence-electron chi connectivity index (χ3n) is 4.60. The molecule has 4 aromatic rings. The van der Waals surface area contributed by atoms with E-state index in [2.05, 4.69) is 20.7 Å². The Morgan fingerprint density at radius 1 is 1.03 bits per heavy atom. The molecular weight excluding hydrogens is 410 g/mol. The van der Waals surface area contributed by atoms with E-state index in [1.54, 1.807) is 47.4 Å². The maximum atomic E-state index is 12.3. The number of furan rings is 1. The molecule has 0 saturated heterocycles. The highest BCUT2D eigenvalue weighted by Crippen LogP contribution is 2.18. The number of ether oxygens (including phenoxy) is 1. The summed E-state index contributed by atoms with van der Waals surface area (Å²) in [5, 5.41) is 9.70. The van der Waals surface area contributed by atoms with E-state index in [1.165, 1.54) is 12.6 Å². The van der Waals surface area contributed by atoms with E-state index in [-0.39, 0.29) is 24.2 Å². The number of benzene rings is 2. The van der Waals surface area contributed by atoms with Crippen molar-refractivity contribution in [2.45, 2.75) is 13.1 Å². The van der Waals surface area contributed by atoms with Gasteiger partial charge in [-0.05, 0) is 35.4 Å². The quantitative estimate of drug-likeness (QED) is 0.422. The number of amides is 2. The van der Waals surface area contributed by atoms with E-state index in [0.29, 0.717) is 24.5 Å². The maximum Gasteiger partial charge on any atom is 0.291 e. The summed E-state index contributed by atoms with van der Waals surface area (Å²) in [7, 11) is 0. The number of anilines is 1. The van der Waals surface area contributed by atoms with E-state index in [9.17, 15) is 9.59 Å². The molecule has 2 N–H and O–H groups in total. The van der Waals surface area contributed by atoms with Crippen LogP contribution in [0.2, 0.25) is 0 Å². The van der Waals surface area contributed by atoms with Gasteiger partial charge in [0.2, 0.25) is 0 Å². The first-order valence-electron chi connectivity index (χ1n) is 9.91. The normalized spacial score (nSPS) is 10.5. The fraction of sp³-hybridized carbons (Fsp3) is 0.130. The molecule has 162 valence electrons. The van der Waals surface area contributed by atoms with Crippen LogP contribution in [0, 0.1) is 0 Å². The lowest BCUT2D eigenvalue weighted by atomic mass is 10.1. The summed E-state index contributed by atoms with van der Waals surface area (Å²) in [5.41, 5.74) is 2.56. The fourth-order valence-corrected chi connectivity index (χ4v) is 3.03. The van der Waals surface area contributed by atoms with Crippen LogP contribution < -0.4 is 15.4 Å². The van der Waals surface area contributed by atoms with Gasteiger partial charge in [-0.2, -0.15) is 5.10 Å². The molecule has 4 rings (SSSR count). The van der Waals surface area contributed by atoms with Gasteiger partial charge in [0.1, 0.15) is 18.4 Å². The molecule has 0 aliphatic heterocycles. The number of carbonyl (C=O) groups excluding carboxylic acids is 2. The van der Waals surface area contributed by atoms with Gasteiger partial charge in [-0.15, -0.1) is 0 Å². The Bertz CT molecular complexity index is 1170. The standard InChI is InChI=1S/C23H21N5O4/c29-22(25-12-17-5-1-2-6-18(17)13-28-16-24-15-26-28)14-32-20-8-3-7-19(11-20)27-23(30)21-9-4-10-31-21/h1-11,15-16H,12-14H2,(H,25,29)(H,27,30). The first-order chi connectivity index (χ1) is 15.7. The second kappa shape index (κ2) is 10.1. The van der Waals surface area contributed by atoms with Crippen LogP contribution in [0.5, 0.6) is 5.75 Å². The Hall–Kier alpha value is -4.40. The molecule has 2 aromatic carbocycles. The third-order valence-corrected chi connectivity index (χ3v) is 4.60. The van der Waals surface area contributed by atoms with Gasteiger partial charge in [0.15, 0.2) is 12.4 Å². The monoisotopic (exact) mass is 431 g/mol. The van der Waals surface area contributed by atoms with Crippen LogP contribution in [0.3, 0.4) is 0 Å². The number of rotatable bonds is 9. The zero-order chi connectivity index (χ0) is 22.2. The second-order valence-corrected chi connectivity index (χ2v) is 6.89. The summed E-state index contributed by atoms with van der Waals surface area (Å²) in [5.74, 6) is 0.0452. The SMILES string of the molecule is O=C(COc1cccc(NC(=O)c2ccco2)c1)NCc1ccccc1Cn1cncn1. The van der Waals surface area contributed by atoms with Crippen LogP contribution in [0.15, 0.2) is 84.0 Å². The Balaban J connectivity index is 1.28. The molecule has 9 nitrogen and oxygen atoms in total. The molecule has 0 spiro atoms. The Morgan fingerprint density at radius 2 is 1.91 bits per heavy atom. The molecule has 0 atom stereocenters. The summed E-state index contributed by atoms with van der Waals surface area (Å²) >= 11 is 0. The van der Waals surface area contributed by atoms with Crippen LogP contribution in [0.4, 0.5) is 5.69 Å². The average Bonchev–Trinajstić information content (AvgIpc) is 3.52. The lowest BCUT2D eigenvalue weighted by molar-refractivity contribution is -0.123. The van der Waals surface area contributed by atoms with Gasteiger partial charge in [-0.25, -0.2) is 9.67 Å². The minimum Gasteiger partial charge on any atom is -0.484 e. The summed E-state index contributed by atoms with van der Waals surface area (Å²) in [6.07, 6.45) is 4.56. The number of nitrogens with zero attached hydrogens (tertiary/aromatic N) is 3. The molecule has 0 saturated carbocycles. The minimum absolute atomic E-state index is 0.152. The van der Waals surface area contributed by atoms with Crippen molar-refractivity contribution in [3.63, 3.8) is 0 Å². The first kappa shape index (κ1) is 20.9. The van der Waals surface area contributed by atoms with Crippen LogP contribution in [0.1, 0.15) is 21.7 Å². The number of hydrogen-bond donors (Lipinski definition) is 2. The molecule has 2 amide bonds. The van der Waals surface area contributed by atoms with Crippen LogP contribution >= 0.6 is 0 Å². The van der Waals surface area contributed by atoms with E-state index < -0.39 is 0 Å². The molecular formula is C23H21N5O4. The fourth-order valence-electron chi connectivity index (χ4n) is 3.03. The van der Waals surface area contributed by atoms with Crippen molar-refractivity contribution in [2.75, 3.05) is 11.9 Å². The molecule has 32 heavy (non-hydrogen) atoms. The molecule has 9 heteroatoms. The number of carbonyl (C=O) groups is 2. The summed E-state index contributed by atoms with van der Waals surface area (Å²) in [4.78, 5) is 28.3. The topological polar surface area (TPSA) is 111 Å². The minimum atomic E-state index is -0.366. The number of hydrogen-bond acceptors (Lipinski definition) is 6. The van der Waals surface area contributed by atoms with Crippen molar-refractivity contribution in [3.8, 4) is 5.75 Å². The maximum absolute atomic E-state index is 12.3. The van der Waals surface area contributed by atoms with Gasteiger partial charge < -0.3 is 19.8 Å². The predicted molar refractivity (Wildman–Crippen MR) is 116 cm³/mol. The Morgan fingerprint density at radius 3 is 2.69 bits per heavy atom. The molecule has 2 aromatic heterocycles. The molecule has 0 aliphatic carbocycles. The van der Waals surface area contributed by atoms with Gasteiger partial charge in [0.05, 0.1) is 12.8 Å². The largest absolute Gasteiger partial charge is 0.484 e. The van der Waals surface area contributed by atoms with Gasteiger partial charge in [0, 0.05) is 18.3 Å². The molecule has 2 heterocycles. The number of aromatic nitrogens is 3. The zero-order valence-electron chi connectivity index (χ0n) is 17.1. The van der Waals surface area contributed by atoms with Crippen LogP contribution in [0.25, 0.3) is 0 Å². The highest BCUT2D eigenvalue weighted by Gasteiger charge is 2.10. The summed E-state index contributed by atoms with van der Waals surface area (Å²) < 4.78 is 12.4. The predicted octanol–water partition coefficient (Wildman–Crippen LogP) is 2.87. The zero-order valence-corrected chi connectivity index (χ0v) is 17.1. The van der Waals surface area contributed by atoms with Gasteiger partial charge in [-0.1, -0.05) is 30.3 Å². The van der Waals surface area contributed by atoms with E-state index in [0.717, 1.165) is 11.1 Å². The van der Waals surface area contributed by atoms with Crippen molar-refractivity contribution in [1.82, 2.24) is 20.1 Å². The molecule has 0 radical (unpaired) electrons. The van der Waals surface area contributed by atoms with Crippen molar-refractivity contribution in [2.24, 2.45) is 0 Å². The van der Waals surface area contributed by atoms with Crippen molar-refractivity contribution in [3.05, 3.63) is 96.5 Å². The molecule has 0 bridgehead atoms. The molecule has 0 aliphatic rings. The molecule has 0 fully saturated rings. The second-order valence-electron chi connectivity index (χ2n) is 6.89. The lowest BCUT2D eigenvalue weighted by Gasteiger charge is -2.12. The van der Waals surface area contributed by atoms with E-state index in [4.69, 9.17) is 9.15 Å². The van der Waals surface area contributed by atoms with Crippen LogP contribution in [-0.4, -0.2) is 33.2 Å². The third kappa shape index (κ3) is 5.60. The van der Waals surface area contributed by atoms with Gasteiger partial charge >= 0.3 is 0 Å². The highest BCUT2D eigenvalue weighted by atomic mass is 16.5. The lowest BCUT2D eigenvalue weighted by Crippen LogP contribution is -2.28. The number of nitrogens with one attached hydrogen (secondary N) is 2. The van der Waals surface area contributed by atoms with E-state index in [1.807, 2.05) is 24.3 Å². The van der Waals surface area contributed by atoms with Crippen LogP contribution in [-0.2, 0) is 17.9 Å². The van der Waals surface area contributed by atoms with E-state index >= 15 is 0 Å². The first-order valence-corrected chi connectivity index (χ1v) is 9.91. The van der Waals surface area contributed by atoms with Crippen molar-refractivity contribution < 1.29 is 18.7 Å². The summed E-state index contributed by atoms with van der Waals surface area (Å²) in [6.45, 7) is 0.784. The highest BCUT2D eigenvalue weighted by molar-refractivity contribution is 6.02. The summed E-state index contributed by atoms with van der Waals surface area (Å²) in [6, 6.07) is 17.8. The Kier molecular flexibility index (Phi) is 6.57. The smallest absolute Gasteiger partial charge is 0.291 e. The van der Waals surface area contributed by atoms with Gasteiger partial charge in [-0.3, -0.25) is 9.59 Å². The Labute approximate surface area is 184 Å². The van der Waals surface area contributed by atoms with Crippen molar-refractivity contribution >= 4 is 17.5 Å². The molecule has 0 unspecified atom stereocenters.